The molecule has 1 amide bonds. The zero-order chi connectivity index (χ0) is 13.3. The predicted molar refractivity (Wildman–Crippen MR) is 72.5 cm³/mol. The fourth-order valence-corrected chi connectivity index (χ4v) is 2.46. The van der Waals surface area contributed by atoms with E-state index in [1.54, 1.807) is 23.1 Å². The summed E-state index contributed by atoms with van der Waals surface area (Å²) in [6.45, 7) is 0.551. The van der Waals surface area contributed by atoms with Gasteiger partial charge < -0.3 is 9.64 Å². The summed E-state index contributed by atoms with van der Waals surface area (Å²) < 4.78 is 4.60. The van der Waals surface area contributed by atoms with E-state index in [-0.39, 0.29) is 21.7 Å². The van der Waals surface area contributed by atoms with Crippen molar-refractivity contribution in [1.29, 1.82) is 0 Å². The third-order valence-electron chi connectivity index (χ3n) is 2.77. The van der Waals surface area contributed by atoms with Gasteiger partial charge in [0.2, 0.25) is 5.91 Å². The topological polar surface area (TPSA) is 46.6 Å². The molecule has 1 fully saturated rings. The lowest BCUT2D eigenvalue weighted by Gasteiger charge is -2.17. The number of hydrogen-bond acceptors (Lipinski definition) is 4. The molecule has 0 radical (unpaired) electrons. The average molecular weight is 286 g/mol. The molecule has 4 nitrogen and oxygen atoms in total. The van der Waals surface area contributed by atoms with Crippen molar-refractivity contribution in [3.05, 3.63) is 28.8 Å². The average Bonchev–Trinajstić information content (AvgIpc) is 2.67. The van der Waals surface area contributed by atoms with Crippen LogP contribution < -0.4 is 4.90 Å². The van der Waals surface area contributed by atoms with Crippen LogP contribution in [0.25, 0.3) is 0 Å². The van der Waals surface area contributed by atoms with Gasteiger partial charge in [-0.2, -0.15) is 12.6 Å². The number of carbonyl (C=O) groups is 2. The first kappa shape index (κ1) is 13.2. The normalized spacial score (nSPS) is 19.2. The van der Waals surface area contributed by atoms with Crippen molar-refractivity contribution in [2.24, 2.45) is 0 Å². The van der Waals surface area contributed by atoms with E-state index in [0.29, 0.717) is 18.7 Å². The molecule has 1 unspecified atom stereocenters. The van der Waals surface area contributed by atoms with Gasteiger partial charge in [-0.1, -0.05) is 11.6 Å². The highest BCUT2D eigenvalue weighted by atomic mass is 35.5. The molecule has 96 valence electrons. The molecule has 0 N–H and O–H groups in total. The second kappa shape index (κ2) is 5.20. The molecule has 2 rings (SSSR count). The molecule has 1 atom stereocenters. The van der Waals surface area contributed by atoms with Crippen LogP contribution in [0, 0.1) is 0 Å². The number of halogens is 1. The molecule has 1 heterocycles. The molecular weight excluding hydrogens is 274 g/mol. The minimum Gasteiger partial charge on any atom is -0.465 e. The molecule has 0 bridgehead atoms. The zero-order valence-electron chi connectivity index (χ0n) is 9.72. The lowest BCUT2D eigenvalue weighted by molar-refractivity contribution is -0.117. The Kier molecular flexibility index (Phi) is 3.82. The first-order chi connectivity index (χ1) is 8.52. The van der Waals surface area contributed by atoms with Gasteiger partial charge in [-0.15, -0.1) is 0 Å². The number of amides is 1. The van der Waals surface area contributed by atoms with Crippen LogP contribution >= 0.6 is 24.2 Å². The lowest BCUT2D eigenvalue weighted by Crippen LogP contribution is -2.24. The van der Waals surface area contributed by atoms with Crippen molar-refractivity contribution in [2.45, 2.75) is 11.7 Å². The quantitative estimate of drug-likeness (QED) is 0.669. The molecule has 0 saturated carbocycles. The van der Waals surface area contributed by atoms with E-state index in [9.17, 15) is 9.59 Å². The number of esters is 1. The van der Waals surface area contributed by atoms with Crippen LogP contribution in [0.5, 0.6) is 0 Å². The van der Waals surface area contributed by atoms with Crippen LogP contribution in [0.2, 0.25) is 5.02 Å². The molecular formula is C12H12ClNO3S. The summed E-state index contributed by atoms with van der Waals surface area (Å²) >= 11 is 10.3. The summed E-state index contributed by atoms with van der Waals surface area (Å²) in [6, 6.07) is 4.84. The molecule has 6 heteroatoms. The number of methoxy groups -OCH3 is 1. The van der Waals surface area contributed by atoms with Gasteiger partial charge in [-0.3, -0.25) is 4.79 Å². The maximum Gasteiger partial charge on any atom is 0.339 e. The van der Waals surface area contributed by atoms with E-state index in [1.165, 1.54) is 7.11 Å². The van der Waals surface area contributed by atoms with Gasteiger partial charge in [0.1, 0.15) is 0 Å². The van der Waals surface area contributed by atoms with Crippen molar-refractivity contribution in [3.63, 3.8) is 0 Å². The van der Waals surface area contributed by atoms with Crippen LogP contribution in [-0.4, -0.2) is 30.8 Å². The van der Waals surface area contributed by atoms with E-state index in [0.717, 1.165) is 0 Å². The summed E-state index contributed by atoms with van der Waals surface area (Å²) in [4.78, 5) is 24.7. The predicted octanol–water partition coefficient (Wildman–Crippen LogP) is 2.16. The third-order valence-corrected chi connectivity index (χ3v) is 3.43. The van der Waals surface area contributed by atoms with Gasteiger partial charge in [0.15, 0.2) is 0 Å². The van der Waals surface area contributed by atoms with Gasteiger partial charge in [-0.05, 0) is 18.2 Å². The highest BCUT2D eigenvalue weighted by molar-refractivity contribution is 7.81. The monoisotopic (exact) mass is 285 g/mol. The van der Waals surface area contributed by atoms with Gasteiger partial charge in [-0.25, -0.2) is 4.79 Å². The minimum atomic E-state index is -0.494. The number of hydrogen-bond donors (Lipinski definition) is 1. The minimum absolute atomic E-state index is 0.0110. The number of nitrogens with zero attached hydrogens (tertiary/aromatic N) is 1. The van der Waals surface area contributed by atoms with E-state index < -0.39 is 5.97 Å². The molecule has 1 aromatic carbocycles. The summed E-state index contributed by atoms with van der Waals surface area (Å²) in [5, 5.41) is 0.311. The van der Waals surface area contributed by atoms with Crippen molar-refractivity contribution in [1.82, 2.24) is 0 Å². The van der Waals surface area contributed by atoms with Crippen LogP contribution in [0.4, 0.5) is 5.69 Å². The number of benzene rings is 1. The number of anilines is 1. The first-order valence-corrected chi connectivity index (χ1v) is 6.28. The molecule has 0 spiro atoms. The fraction of sp³-hybridized carbons (Fsp3) is 0.333. The van der Waals surface area contributed by atoms with Crippen LogP contribution in [0.1, 0.15) is 16.8 Å². The highest BCUT2D eigenvalue weighted by Gasteiger charge is 2.28. The lowest BCUT2D eigenvalue weighted by atomic mass is 10.2. The summed E-state index contributed by atoms with van der Waals surface area (Å²) in [5.74, 6) is -0.483. The number of thiol groups is 1. The van der Waals surface area contributed by atoms with Crippen molar-refractivity contribution >= 4 is 41.8 Å². The fourth-order valence-electron chi connectivity index (χ4n) is 1.89. The second-order valence-electron chi connectivity index (χ2n) is 4.02. The van der Waals surface area contributed by atoms with Gasteiger partial charge >= 0.3 is 5.97 Å². The standard InChI is InChI=1S/C12H12ClNO3S/c1-17-12(16)9-3-2-7(4-10(9)13)14-6-8(18)5-11(14)15/h2-4,8,18H,5-6H2,1H3. The molecule has 1 aliphatic rings. The Morgan fingerprint density at radius 2 is 2.28 bits per heavy atom. The Bertz CT molecular complexity index is 506. The number of rotatable bonds is 2. The maximum atomic E-state index is 11.7. The van der Waals surface area contributed by atoms with Crippen molar-refractivity contribution < 1.29 is 14.3 Å². The third kappa shape index (κ3) is 2.47. The Morgan fingerprint density at radius 1 is 1.56 bits per heavy atom. The molecule has 0 aliphatic carbocycles. The van der Waals surface area contributed by atoms with Gasteiger partial charge in [0.05, 0.1) is 17.7 Å². The van der Waals surface area contributed by atoms with Gasteiger partial charge in [0, 0.05) is 23.9 Å². The molecule has 1 aromatic rings. The SMILES string of the molecule is COC(=O)c1ccc(N2CC(S)CC2=O)cc1Cl. The Hall–Kier alpha value is -1.20. The second-order valence-corrected chi connectivity index (χ2v) is 5.16. The van der Waals surface area contributed by atoms with E-state index in [4.69, 9.17) is 11.6 Å². The largest absolute Gasteiger partial charge is 0.465 e. The highest BCUT2D eigenvalue weighted by Crippen LogP contribution is 2.28. The summed E-state index contributed by atoms with van der Waals surface area (Å²) in [6.07, 6.45) is 0.416. The van der Waals surface area contributed by atoms with Crippen LogP contribution in [0.3, 0.4) is 0 Å². The molecule has 1 saturated heterocycles. The summed E-state index contributed by atoms with van der Waals surface area (Å²) in [5.41, 5.74) is 0.964. The van der Waals surface area contributed by atoms with Crippen LogP contribution in [-0.2, 0) is 9.53 Å². The van der Waals surface area contributed by atoms with E-state index in [2.05, 4.69) is 17.4 Å². The Balaban J connectivity index is 2.29. The molecule has 0 aromatic heterocycles. The smallest absolute Gasteiger partial charge is 0.339 e. The number of carbonyl (C=O) groups excluding carboxylic acids is 2. The molecule has 18 heavy (non-hydrogen) atoms. The first-order valence-electron chi connectivity index (χ1n) is 5.39. The van der Waals surface area contributed by atoms with E-state index >= 15 is 0 Å². The number of ether oxygens (including phenoxy) is 1. The van der Waals surface area contributed by atoms with Gasteiger partial charge in [0.25, 0.3) is 0 Å². The van der Waals surface area contributed by atoms with Crippen LogP contribution in [0.15, 0.2) is 18.2 Å². The zero-order valence-corrected chi connectivity index (χ0v) is 11.4. The summed E-state index contributed by atoms with van der Waals surface area (Å²) in [7, 11) is 1.29. The van der Waals surface area contributed by atoms with E-state index in [1.807, 2.05) is 0 Å². The Morgan fingerprint density at radius 3 is 2.78 bits per heavy atom. The maximum absolute atomic E-state index is 11.7. The molecule has 1 aliphatic heterocycles. The van der Waals surface area contributed by atoms with Crippen molar-refractivity contribution in [2.75, 3.05) is 18.6 Å². The Labute approximate surface area is 115 Å². The van der Waals surface area contributed by atoms with Crippen molar-refractivity contribution in [3.8, 4) is 0 Å².